The monoisotopic (exact) mass is 413 g/mol. The molecule has 1 N–H and O–H groups in total. The molecule has 2 aromatic carbocycles. The Balaban J connectivity index is 1.61. The molecule has 1 aromatic heterocycles. The summed E-state index contributed by atoms with van der Waals surface area (Å²) in [5.74, 6) is -0.751. The van der Waals surface area contributed by atoms with Gasteiger partial charge in [-0.2, -0.15) is 0 Å². The van der Waals surface area contributed by atoms with Gasteiger partial charge in [0.25, 0.3) is 5.91 Å². The van der Waals surface area contributed by atoms with E-state index in [0.29, 0.717) is 17.9 Å². The lowest BCUT2D eigenvalue weighted by atomic mass is 10.1. The molecule has 0 spiro atoms. The van der Waals surface area contributed by atoms with E-state index in [4.69, 9.17) is 9.47 Å². The van der Waals surface area contributed by atoms with Crippen molar-refractivity contribution in [2.45, 2.75) is 13.0 Å². The van der Waals surface area contributed by atoms with Crippen molar-refractivity contribution in [2.24, 2.45) is 0 Å². The molecule has 150 valence electrons. The van der Waals surface area contributed by atoms with Gasteiger partial charge in [0.05, 0.1) is 18.2 Å². The van der Waals surface area contributed by atoms with Crippen LogP contribution in [0, 0.1) is 5.82 Å². The normalized spacial score (nSPS) is 11.5. The number of amides is 1. The van der Waals surface area contributed by atoms with Crippen molar-refractivity contribution in [1.82, 2.24) is 5.32 Å². The molecule has 1 atom stereocenters. The van der Waals surface area contributed by atoms with Crippen LogP contribution in [0.5, 0.6) is 5.75 Å². The predicted octanol–water partition coefficient (Wildman–Crippen LogP) is 4.35. The molecule has 0 aliphatic carbocycles. The molecule has 7 heteroatoms. The molecule has 29 heavy (non-hydrogen) atoms. The van der Waals surface area contributed by atoms with Crippen LogP contribution in [0.2, 0.25) is 0 Å². The smallest absolute Gasteiger partial charge is 0.338 e. The Bertz CT molecular complexity index is 940. The summed E-state index contributed by atoms with van der Waals surface area (Å²) in [6.45, 7) is 1.98. The van der Waals surface area contributed by atoms with Crippen LogP contribution in [0.25, 0.3) is 0 Å². The number of benzene rings is 2. The summed E-state index contributed by atoms with van der Waals surface area (Å²) in [5.41, 5.74) is 1.06. The van der Waals surface area contributed by atoms with Gasteiger partial charge in [-0.05, 0) is 60.3 Å². The van der Waals surface area contributed by atoms with Gasteiger partial charge >= 0.3 is 5.97 Å². The van der Waals surface area contributed by atoms with E-state index in [1.807, 2.05) is 24.4 Å². The topological polar surface area (TPSA) is 64.6 Å². The van der Waals surface area contributed by atoms with Crippen LogP contribution < -0.4 is 10.1 Å². The molecule has 0 aliphatic heterocycles. The second-order valence-corrected chi connectivity index (χ2v) is 7.08. The number of esters is 1. The SMILES string of the molecule is CCOc1ccc(C(=O)OCC(=O)N[C@@H](c2ccc(F)cc2)c2cccs2)cc1. The number of hydrogen-bond donors (Lipinski definition) is 1. The molecule has 0 fully saturated rings. The first-order valence-corrected chi connectivity index (χ1v) is 9.93. The van der Waals surface area contributed by atoms with Crippen LogP contribution in [0.4, 0.5) is 4.39 Å². The van der Waals surface area contributed by atoms with E-state index < -0.39 is 24.5 Å². The number of halogens is 1. The molecule has 3 aromatic rings. The first-order chi connectivity index (χ1) is 14.1. The number of ether oxygens (including phenoxy) is 2. The zero-order chi connectivity index (χ0) is 20.6. The maximum Gasteiger partial charge on any atom is 0.338 e. The van der Waals surface area contributed by atoms with E-state index in [1.165, 1.54) is 23.5 Å². The van der Waals surface area contributed by atoms with Gasteiger partial charge in [0.1, 0.15) is 11.6 Å². The molecule has 5 nitrogen and oxygen atoms in total. The highest BCUT2D eigenvalue weighted by molar-refractivity contribution is 7.10. The van der Waals surface area contributed by atoms with E-state index in [0.717, 1.165) is 10.4 Å². The molecule has 3 rings (SSSR count). The van der Waals surface area contributed by atoms with Crippen LogP contribution in [0.15, 0.2) is 66.0 Å². The third kappa shape index (κ3) is 5.65. The zero-order valence-corrected chi connectivity index (χ0v) is 16.6. The highest BCUT2D eigenvalue weighted by Gasteiger charge is 2.19. The Labute approximate surface area is 172 Å². The van der Waals surface area contributed by atoms with Gasteiger partial charge in [-0.25, -0.2) is 9.18 Å². The largest absolute Gasteiger partial charge is 0.494 e. The highest BCUT2D eigenvalue weighted by Crippen LogP contribution is 2.26. The summed E-state index contributed by atoms with van der Waals surface area (Å²) in [7, 11) is 0. The van der Waals surface area contributed by atoms with Crippen LogP contribution in [0.1, 0.15) is 33.8 Å². The first-order valence-electron chi connectivity index (χ1n) is 9.05. The summed E-state index contributed by atoms with van der Waals surface area (Å²) < 4.78 is 23.7. The molecular weight excluding hydrogens is 393 g/mol. The Hall–Kier alpha value is -3.19. The molecule has 1 amide bonds. The minimum Gasteiger partial charge on any atom is -0.494 e. The quantitative estimate of drug-likeness (QED) is 0.558. The van der Waals surface area contributed by atoms with Crippen LogP contribution >= 0.6 is 11.3 Å². The van der Waals surface area contributed by atoms with Crippen LogP contribution in [0.3, 0.4) is 0 Å². The van der Waals surface area contributed by atoms with Gasteiger partial charge in [0, 0.05) is 4.88 Å². The van der Waals surface area contributed by atoms with E-state index in [1.54, 1.807) is 36.4 Å². The van der Waals surface area contributed by atoms with Gasteiger partial charge in [-0.3, -0.25) is 4.79 Å². The minimum atomic E-state index is -0.599. The average Bonchev–Trinajstić information content (AvgIpc) is 3.26. The fourth-order valence-corrected chi connectivity index (χ4v) is 3.50. The van der Waals surface area contributed by atoms with Crippen LogP contribution in [-0.2, 0) is 9.53 Å². The third-order valence-electron chi connectivity index (χ3n) is 4.07. The molecular formula is C22H20FNO4S. The maximum atomic E-state index is 13.2. The number of nitrogens with one attached hydrogen (secondary N) is 1. The average molecular weight is 413 g/mol. The van der Waals surface area contributed by atoms with Crippen LogP contribution in [-0.4, -0.2) is 25.1 Å². The lowest BCUT2D eigenvalue weighted by Crippen LogP contribution is -2.32. The summed E-state index contributed by atoms with van der Waals surface area (Å²) >= 11 is 1.47. The number of rotatable bonds is 8. The highest BCUT2D eigenvalue weighted by atomic mass is 32.1. The minimum absolute atomic E-state index is 0.328. The van der Waals surface area contributed by atoms with Crippen molar-refractivity contribution in [2.75, 3.05) is 13.2 Å². The van der Waals surface area contributed by atoms with Gasteiger partial charge < -0.3 is 14.8 Å². The first kappa shape index (κ1) is 20.5. The van der Waals surface area contributed by atoms with Crippen molar-refractivity contribution in [3.05, 3.63) is 87.9 Å². The molecule has 0 bridgehead atoms. The molecule has 0 unspecified atom stereocenters. The van der Waals surface area contributed by atoms with Gasteiger partial charge in [0.2, 0.25) is 0 Å². The van der Waals surface area contributed by atoms with E-state index >= 15 is 0 Å². The van der Waals surface area contributed by atoms with Crippen molar-refractivity contribution in [3.63, 3.8) is 0 Å². The van der Waals surface area contributed by atoms with Crippen molar-refractivity contribution in [1.29, 1.82) is 0 Å². The summed E-state index contributed by atoms with van der Waals surface area (Å²) in [5, 5.41) is 4.73. The number of hydrogen-bond acceptors (Lipinski definition) is 5. The summed E-state index contributed by atoms with van der Waals surface area (Å²) in [6, 6.07) is 15.7. The number of carbonyl (C=O) groups is 2. The van der Waals surface area contributed by atoms with Gasteiger partial charge in [0.15, 0.2) is 6.61 Å². The Morgan fingerprint density at radius 3 is 2.41 bits per heavy atom. The summed E-state index contributed by atoms with van der Waals surface area (Å²) in [6.07, 6.45) is 0. The fourth-order valence-electron chi connectivity index (χ4n) is 2.70. The van der Waals surface area contributed by atoms with Gasteiger partial charge in [-0.15, -0.1) is 11.3 Å². The maximum absolute atomic E-state index is 13.2. The lowest BCUT2D eigenvalue weighted by Gasteiger charge is -2.18. The lowest BCUT2D eigenvalue weighted by molar-refractivity contribution is -0.124. The van der Waals surface area contributed by atoms with E-state index in [9.17, 15) is 14.0 Å². The molecule has 0 saturated carbocycles. The molecule has 0 radical (unpaired) electrons. The van der Waals surface area contributed by atoms with Crippen molar-refractivity contribution in [3.8, 4) is 5.75 Å². The summed E-state index contributed by atoms with van der Waals surface area (Å²) in [4.78, 5) is 25.4. The van der Waals surface area contributed by atoms with Gasteiger partial charge in [-0.1, -0.05) is 18.2 Å². The third-order valence-corrected chi connectivity index (χ3v) is 5.01. The second-order valence-electron chi connectivity index (χ2n) is 6.10. The Morgan fingerprint density at radius 2 is 1.79 bits per heavy atom. The number of carbonyl (C=O) groups excluding carboxylic acids is 2. The van der Waals surface area contributed by atoms with Crippen molar-refractivity contribution >= 4 is 23.2 Å². The second kappa shape index (κ2) is 9.84. The Kier molecular flexibility index (Phi) is 6.97. The van der Waals surface area contributed by atoms with E-state index in [-0.39, 0.29) is 5.82 Å². The predicted molar refractivity (Wildman–Crippen MR) is 109 cm³/mol. The Morgan fingerprint density at radius 1 is 1.07 bits per heavy atom. The zero-order valence-electron chi connectivity index (χ0n) is 15.8. The molecule has 1 heterocycles. The fraction of sp³-hybridized carbons (Fsp3) is 0.182. The molecule has 0 aliphatic rings. The van der Waals surface area contributed by atoms with E-state index in [2.05, 4.69) is 5.32 Å². The van der Waals surface area contributed by atoms with Crippen molar-refractivity contribution < 1.29 is 23.5 Å². The standard InChI is InChI=1S/C22H20FNO4S/c1-2-27-18-11-7-16(8-12-18)22(26)28-14-20(25)24-21(19-4-3-13-29-19)15-5-9-17(23)10-6-15/h3-13,21H,2,14H2,1H3,(H,24,25)/t21-/m0/s1. The number of thiophene rings is 1. The molecule has 0 saturated heterocycles.